The maximum atomic E-state index is 13.0. The van der Waals surface area contributed by atoms with Crippen LogP contribution in [-0.4, -0.2) is 27.6 Å². The van der Waals surface area contributed by atoms with Gasteiger partial charge in [0, 0.05) is 41.1 Å². The average Bonchev–Trinajstić information content (AvgIpc) is 2.61. The van der Waals surface area contributed by atoms with Crippen LogP contribution in [0, 0.1) is 10.8 Å². The van der Waals surface area contributed by atoms with Crippen LogP contribution in [0.25, 0.3) is 0 Å². The number of carboxylic acid groups (broad SMARTS) is 1. The van der Waals surface area contributed by atoms with Crippen molar-refractivity contribution < 1.29 is 19.5 Å². The van der Waals surface area contributed by atoms with E-state index in [1.54, 1.807) is 38.2 Å². The smallest absolute Gasteiger partial charge is 0.336 e. The molecular weight excluding hydrogens is 354 g/mol. The van der Waals surface area contributed by atoms with Gasteiger partial charge in [-0.3, -0.25) is 14.6 Å². The van der Waals surface area contributed by atoms with Gasteiger partial charge < -0.3 is 5.11 Å². The molecule has 1 N–H and O–H groups in total. The highest BCUT2D eigenvalue weighted by Crippen LogP contribution is 2.28. The lowest BCUT2D eigenvalue weighted by Crippen LogP contribution is -2.29. The summed E-state index contributed by atoms with van der Waals surface area (Å²) in [4.78, 5) is 41.0. The van der Waals surface area contributed by atoms with Gasteiger partial charge in [0.1, 0.15) is 5.78 Å². The topological polar surface area (TPSA) is 84.3 Å². The molecule has 0 atom stereocenters. The Labute approximate surface area is 165 Å². The van der Waals surface area contributed by atoms with E-state index in [1.165, 1.54) is 6.07 Å². The van der Waals surface area contributed by atoms with E-state index < -0.39 is 16.8 Å². The summed E-state index contributed by atoms with van der Waals surface area (Å²) < 4.78 is 0. The van der Waals surface area contributed by atoms with Crippen molar-refractivity contribution in [2.75, 3.05) is 0 Å². The van der Waals surface area contributed by atoms with E-state index >= 15 is 0 Å². The van der Waals surface area contributed by atoms with Crippen LogP contribution in [0.4, 0.5) is 0 Å². The van der Waals surface area contributed by atoms with E-state index in [0.29, 0.717) is 12.8 Å². The molecule has 0 bridgehead atoms. The van der Waals surface area contributed by atoms with Gasteiger partial charge in [-0.25, -0.2) is 4.79 Å². The monoisotopic (exact) mass is 381 g/mol. The van der Waals surface area contributed by atoms with Gasteiger partial charge in [0.2, 0.25) is 0 Å². The van der Waals surface area contributed by atoms with Gasteiger partial charge in [-0.2, -0.15) is 0 Å². The third kappa shape index (κ3) is 5.12. The Morgan fingerprint density at radius 1 is 0.929 bits per heavy atom. The molecule has 0 saturated carbocycles. The number of rotatable bonds is 7. The molecule has 5 nitrogen and oxygen atoms in total. The van der Waals surface area contributed by atoms with Crippen molar-refractivity contribution in [1.29, 1.82) is 0 Å². The van der Waals surface area contributed by atoms with Crippen molar-refractivity contribution in [3.63, 3.8) is 0 Å². The molecule has 148 valence electrons. The Kier molecular flexibility index (Phi) is 6.17. The number of ketones is 2. The largest absolute Gasteiger partial charge is 0.478 e. The maximum absolute atomic E-state index is 13.0. The van der Waals surface area contributed by atoms with Crippen molar-refractivity contribution in [2.45, 2.75) is 47.5 Å². The second-order valence-electron chi connectivity index (χ2n) is 8.75. The summed E-state index contributed by atoms with van der Waals surface area (Å²) in [5, 5.41) is 9.34. The third-order valence-electron chi connectivity index (χ3n) is 4.73. The number of nitrogens with zero attached hydrogens (tertiary/aromatic N) is 1. The number of carbonyl (C=O) groups is 3. The van der Waals surface area contributed by atoms with E-state index in [-0.39, 0.29) is 22.7 Å². The minimum atomic E-state index is -1.12. The first-order valence-electron chi connectivity index (χ1n) is 9.26. The summed E-state index contributed by atoms with van der Waals surface area (Å²) in [5.41, 5.74) is 0.547. The lowest BCUT2D eigenvalue weighted by molar-refractivity contribution is -0.125. The van der Waals surface area contributed by atoms with Crippen LogP contribution >= 0.6 is 0 Å². The summed E-state index contributed by atoms with van der Waals surface area (Å²) in [7, 11) is 0. The molecule has 28 heavy (non-hydrogen) atoms. The lowest BCUT2D eigenvalue weighted by atomic mass is 9.79. The van der Waals surface area contributed by atoms with Crippen molar-refractivity contribution in [2.24, 2.45) is 10.8 Å². The molecule has 0 saturated heterocycles. The number of hydrogen-bond donors (Lipinski definition) is 1. The number of pyridine rings is 1. The number of hydrogen-bond acceptors (Lipinski definition) is 4. The Morgan fingerprint density at radius 3 is 2.04 bits per heavy atom. The molecule has 5 heteroatoms. The highest BCUT2D eigenvalue weighted by Gasteiger charge is 2.32. The summed E-state index contributed by atoms with van der Waals surface area (Å²) in [6.07, 6.45) is 2.36. The van der Waals surface area contributed by atoms with Crippen LogP contribution in [0.1, 0.15) is 66.6 Å². The summed E-state index contributed by atoms with van der Waals surface area (Å²) in [6, 6.07) is 9.93. The Morgan fingerprint density at radius 2 is 1.54 bits per heavy atom. The molecule has 1 aromatic carbocycles. The van der Waals surface area contributed by atoms with Gasteiger partial charge in [-0.15, -0.1) is 0 Å². The molecule has 0 radical (unpaired) electrons. The predicted octanol–water partition coefficient (Wildman–Crippen LogP) is 4.39. The van der Waals surface area contributed by atoms with Gasteiger partial charge in [-0.05, 0) is 17.7 Å². The molecule has 2 aromatic rings. The zero-order valence-corrected chi connectivity index (χ0v) is 17.1. The molecule has 0 aliphatic carbocycles. The zero-order valence-electron chi connectivity index (χ0n) is 17.1. The molecule has 0 amide bonds. The Balaban J connectivity index is 2.17. The fourth-order valence-corrected chi connectivity index (χ4v) is 2.88. The van der Waals surface area contributed by atoms with E-state index in [0.717, 1.165) is 11.3 Å². The van der Waals surface area contributed by atoms with Crippen molar-refractivity contribution >= 4 is 17.5 Å². The zero-order chi connectivity index (χ0) is 21.1. The van der Waals surface area contributed by atoms with E-state index in [1.807, 2.05) is 32.9 Å². The SMILES string of the molecule is CC(C)(C)C(=O)Cc1ccc(CC(C)(C)C(=O)c2ccccc2C(=O)O)nc1. The number of carbonyl (C=O) groups excluding carboxylic acids is 2. The fourth-order valence-electron chi connectivity index (χ4n) is 2.88. The van der Waals surface area contributed by atoms with Crippen molar-refractivity contribution in [3.05, 3.63) is 65.0 Å². The summed E-state index contributed by atoms with van der Waals surface area (Å²) >= 11 is 0. The second-order valence-corrected chi connectivity index (χ2v) is 8.75. The van der Waals surface area contributed by atoms with Gasteiger partial charge in [0.25, 0.3) is 0 Å². The van der Waals surface area contributed by atoms with Gasteiger partial charge in [-0.1, -0.05) is 58.9 Å². The van der Waals surface area contributed by atoms with Crippen LogP contribution in [0.2, 0.25) is 0 Å². The molecule has 1 aromatic heterocycles. The van der Waals surface area contributed by atoms with Crippen LogP contribution in [0.3, 0.4) is 0 Å². The van der Waals surface area contributed by atoms with E-state index in [2.05, 4.69) is 4.98 Å². The maximum Gasteiger partial charge on any atom is 0.336 e. The number of Topliss-reactive ketones (excluding diaryl/α,β-unsaturated/α-hetero) is 2. The van der Waals surface area contributed by atoms with E-state index in [4.69, 9.17) is 0 Å². The first-order valence-corrected chi connectivity index (χ1v) is 9.26. The molecule has 0 fully saturated rings. The standard InChI is InChI=1S/C23H27NO4/c1-22(2,3)19(25)12-15-10-11-16(24-14-15)13-23(4,5)20(26)17-8-6-7-9-18(17)21(27)28/h6-11,14H,12-13H2,1-5H3,(H,27,28). The van der Waals surface area contributed by atoms with Crippen molar-refractivity contribution in [1.82, 2.24) is 4.98 Å². The quantitative estimate of drug-likeness (QED) is 0.719. The molecule has 0 aliphatic heterocycles. The average molecular weight is 381 g/mol. The van der Waals surface area contributed by atoms with Crippen molar-refractivity contribution in [3.8, 4) is 0 Å². The van der Waals surface area contributed by atoms with E-state index in [9.17, 15) is 19.5 Å². The normalized spacial score (nSPS) is 11.9. The van der Waals surface area contributed by atoms with Crippen LogP contribution in [0.15, 0.2) is 42.6 Å². The van der Waals surface area contributed by atoms with Crippen LogP contribution < -0.4 is 0 Å². The predicted molar refractivity (Wildman–Crippen MR) is 108 cm³/mol. The number of carboxylic acids is 1. The fraction of sp³-hybridized carbons (Fsp3) is 0.391. The number of aromatic nitrogens is 1. The van der Waals surface area contributed by atoms with Crippen LogP contribution in [0.5, 0.6) is 0 Å². The number of benzene rings is 1. The first kappa shape index (κ1) is 21.5. The van der Waals surface area contributed by atoms with Gasteiger partial charge in [0.15, 0.2) is 5.78 Å². The first-order chi connectivity index (χ1) is 12.9. The highest BCUT2D eigenvalue weighted by molar-refractivity contribution is 6.08. The molecule has 2 rings (SSSR count). The lowest BCUT2D eigenvalue weighted by Gasteiger charge is -2.23. The molecular formula is C23H27NO4. The minimum Gasteiger partial charge on any atom is -0.478 e. The van der Waals surface area contributed by atoms with Gasteiger partial charge >= 0.3 is 5.97 Å². The molecule has 0 spiro atoms. The highest BCUT2D eigenvalue weighted by atomic mass is 16.4. The minimum absolute atomic E-state index is 0.00424. The molecule has 0 unspecified atom stereocenters. The summed E-state index contributed by atoms with van der Waals surface area (Å²) in [5.74, 6) is -1.21. The third-order valence-corrected chi connectivity index (χ3v) is 4.73. The molecule has 1 heterocycles. The van der Waals surface area contributed by atoms with Crippen LogP contribution in [-0.2, 0) is 17.6 Å². The second kappa shape index (κ2) is 8.05. The Hall–Kier alpha value is -2.82. The Bertz CT molecular complexity index is 890. The van der Waals surface area contributed by atoms with Gasteiger partial charge in [0.05, 0.1) is 5.56 Å². The molecule has 0 aliphatic rings. The summed E-state index contributed by atoms with van der Waals surface area (Å²) in [6.45, 7) is 9.24. The number of aromatic carboxylic acids is 1.